The fourth-order valence-corrected chi connectivity index (χ4v) is 2.80. The first-order valence-corrected chi connectivity index (χ1v) is 9.14. The second-order valence-corrected chi connectivity index (χ2v) is 6.34. The minimum absolute atomic E-state index is 0.393. The molecule has 0 aliphatic rings. The van der Waals surface area contributed by atoms with Crippen molar-refractivity contribution in [1.29, 1.82) is 0 Å². The molecule has 2 heterocycles. The third-order valence-electron chi connectivity index (χ3n) is 4.35. The average Bonchev–Trinajstić information content (AvgIpc) is 3.14. The van der Waals surface area contributed by atoms with Gasteiger partial charge in [-0.3, -0.25) is 0 Å². The number of pyridine rings is 1. The summed E-state index contributed by atoms with van der Waals surface area (Å²) in [5, 5.41) is 10.7. The topological polar surface area (TPSA) is 96.9 Å². The Morgan fingerprint density at radius 1 is 1.21 bits per heavy atom. The Bertz CT molecular complexity index is 945. The van der Waals surface area contributed by atoms with E-state index in [1.165, 1.54) is 5.56 Å². The molecule has 1 aromatic carbocycles. The number of anilines is 3. The molecule has 0 bridgehead atoms. The largest absolute Gasteiger partial charge is 0.386 e. The van der Waals surface area contributed by atoms with Gasteiger partial charge in [0.05, 0.1) is 18.2 Å². The number of hydrogen-bond acceptors (Lipinski definition) is 7. The van der Waals surface area contributed by atoms with Gasteiger partial charge in [-0.15, -0.1) is 0 Å². The summed E-state index contributed by atoms with van der Waals surface area (Å²) in [6, 6.07) is 12.3. The maximum absolute atomic E-state index is 5.75. The fourth-order valence-electron chi connectivity index (χ4n) is 2.80. The molecular weight excluding hydrogens is 352 g/mol. The summed E-state index contributed by atoms with van der Waals surface area (Å²) in [6.45, 7) is 8.13. The summed E-state index contributed by atoms with van der Waals surface area (Å²) in [6.07, 6.45) is 2.64. The molecule has 0 aliphatic carbocycles. The number of nitrogens with one attached hydrogen (secondary N) is 2. The van der Waals surface area contributed by atoms with Crippen LogP contribution in [0.5, 0.6) is 0 Å². The van der Waals surface area contributed by atoms with Crippen molar-refractivity contribution in [2.45, 2.75) is 20.3 Å². The number of nitrogens with two attached hydrogens (primary N) is 1. The zero-order valence-corrected chi connectivity index (χ0v) is 16.5. The van der Waals surface area contributed by atoms with Crippen molar-refractivity contribution in [2.75, 3.05) is 23.9 Å². The number of nitrogens with zero attached hydrogens (tertiary/aromatic N) is 5. The lowest BCUT2D eigenvalue weighted by atomic mass is 10.1. The zero-order valence-electron chi connectivity index (χ0n) is 16.5. The summed E-state index contributed by atoms with van der Waals surface area (Å²) in [5.41, 5.74) is 8.89. The van der Waals surface area contributed by atoms with Gasteiger partial charge >= 0.3 is 0 Å². The van der Waals surface area contributed by atoms with E-state index in [4.69, 9.17) is 10.7 Å². The Kier molecular flexibility index (Phi) is 5.78. The second kappa shape index (κ2) is 8.43. The number of aromatic nitrogens is 4. The molecule has 4 N–H and O–H groups in total. The van der Waals surface area contributed by atoms with Gasteiger partial charge in [0, 0.05) is 12.7 Å². The summed E-state index contributed by atoms with van der Waals surface area (Å²) in [4.78, 5) is 11.1. The molecule has 0 fully saturated rings. The van der Waals surface area contributed by atoms with Crippen LogP contribution in [0.1, 0.15) is 18.3 Å². The van der Waals surface area contributed by atoms with E-state index in [0.717, 1.165) is 23.6 Å². The van der Waals surface area contributed by atoms with Crippen molar-refractivity contribution in [2.24, 2.45) is 5.73 Å². The molecule has 28 heavy (non-hydrogen) atoms. The van der Waals surface area contributed by atoms with Gasteiger partial charge in [0.25, 0.3) is 0 Å². The molecule has 0 unspecified atom stereocenters. The third kappa shape index (κ3) is 4.22. The standard InChI is InChI=1S/C20H26N8/c1-5-16-6-8-17(9-7-16)27(12-23-14(2)21)20-18(22-4)10-11-19(25-20)28-13-24-15(3)26-28/h6-11,13,22-23H,2,5,12,21H2,1,3-4H3. The predicted octanol–water partition coefficient (Wildman–Crippen LogP) is 2.69. The summed E-state index contributed by atoms with van der Waals surface area (Å²) >= 11 is 0. The third-order valence-corrected chi connectivity index (χ3v) is 4.35. The lowest BCUT2D eigenvalue weighted by molar-refractivity contribution is 0.775. The highest BCUT2D eigenvalue weighted by atomic mass is 15.4. The SMILES string of the molecule is C=C(N)NCN(c1ccc(CC)cc1)c1nc(-n2cnc(C)n2)ccc1NC. The van der Waals surface area contributed by atoms with Gasteiger partial charge in [0.15, 0.2) is 11.6 Å². The smallest absolute Gasteiger partial charge is 0.160 e. The van der Waals surface area contributed by atoms with Gasteiger partial charge in [0.1, 0.15) is 12.2 Å². The van der Waals surface area contributed by atoms with Crippen molar-refractivity contribution in [3.05, 3.63) is 66.5 Å². The number of rotatable bonds is 8. The van der Waals surface area contributed by atoms with Crippen molar-refractivity contribution >= 4 is 17.2 Å². The molecule has 8 heteroatoms. The van der Waals surface area contributed by atoms with Crippen LogP contribution in [0.25, 0.3) is 5.82 Å². The molecule has 0 saturated heterocycles. The van der Waals surface area contributed by atoms with Crippen LogP contribution < -0.4 is 21.3 Å². The minimum atomic E-state index is 0.393. The molecule has 3 aromatic rings. The molecule has 0 spiro atoms. The molecule has 0 aliphatic heterocycles. The molecule has 8 nitrogen and oxygen atoms in total. The van der Waals surface area contributed by atoms with E-state index in [9.17, 15) is 0 Å². The van der Waals surface area contributed by atoms with Crippen molar-refractivity contribution in [3.63, 3.8) is 0 Å². The first-order valence-electron chi connectivity index (χ1n) is 9.14. The van der Waals surface area contributed by atoms with Gasteiger partial charge < -0.3 is 21.3 Å². The van der Waals surface area contributed by atoms with Crippen LogP contribution in [-0.2, 0) is 6.42 Å². The van der Waals surface area contributed by atoms with E-state index in [-0.39, 0.29) is 0 Å². The fraction of sp³-hybridized carbons (Fsp3) is 0.250. The molecule has 3 rings (SSSR count). The molecule has 0 radical (unpaired) electrons. The molecule has 0 saturated carbocycles. The van der Waals surface area contributed by atoms with Crippen LogP contribution in [-0.4, -0.2) is 33.5 Å². The first-order chi connectivity index (χ1) is 13.5. The quantitative estimate of drug-likeness (QED) is 0.519. The highest BCUT2D eigenvalue weighted by Crippen LogP contribution is 2.31. The van der Waals surface area contributed by atoms with E-state index >= 15 is 0 Å². The zero-order chi connectivity index (χ0) is 20.1. The van der Waals surface area contributed by atoms with E-state index in [1.54, 1.807) is 11.0 Å². The number of benzene rings is 1. The van der Waals surface area contributed by atoms with Crippen LogP contribution in [0.15, 0.2) is 55.1 Å². The average molecular weight is 378 g/mol. The number of hydrogen-bond donors (Lipinski definition) is 3. The highest BCUT2D eigenvalue weighted by Gasteiger charge is 2.17. The van der Waals surface area contributed by atoms with Crippen LogP contribution >= 0.6 is 0 Å². The molecule has 146 valence electrons. The first kappa shape index (κ1) is 19.2. The van der Waals surface area contributed by atoms with Crippen molar-refractivity contribution < 1.29 is 0 Å². The Morgan fingerprint density at radius 2 is 1.96 bits per heavy atom. The van der Waals surface area contributed by atoms with Crippen LogP contribution in [0.3, 0.4) is 0 Å². The lowest BCUT2D eigenvalue weighted by Crippen LogP contribution is -2.33. The van der Waals surface area contributed by atoms with Crippen LogP contribution in [0, 0.1) is 6.92 Å². The molecule has 0 amide bonds. The Labute approximate surface area is 165 Å². The Balaban J connectivity index is 2.07. The second-order valence-electron chi connectivity index (χ2n) is 6.34. The maximum atomic E-state index is 5.75. The molecular formula is C20H26N8. The lowest BCUT2D eigenvalue weighted by Gasteiger charge is -2.27. The van der Waals surface area contributed by atoms with Crippen LogP contribution in [0.2, 0.25) is 0 Å². The van der Waals surface area contributed by atoms with E-state index in [1.807, 2.05) is 31.0 Å². The van der Waals surface area contributed by atoms with Gasteiger partial charge in [-0.2, -0.15) is 5.10 Å². The van der Waals surface area contributed by atoms with Crippen LogP contribution in [0.4, 0.5) is 17.2 Å². The minimum Gasteiger partial charge on any atom is -0.386 e. The monoisotopic (exact) mass is 378 g/mol. The summed E-state index contributed by atoms with van der Waals surface area (Å²) < 4.78 is 1.66. The summed E-state index contributed by atoms with van der Waals surface area (Å²) in [5.74, 6) is 2.50. The van der Waals surface area contributed by atoms with E-state index in [0.29, 0.717) is 24.1 Å². The highest BCUT2D eigenvalue weighted by molar-refractivity contribution is 5.73. The normalized spacial score (nSPS) is 10.5. The predicted molar refractivity (Wildman–Crippen MR) is 113 cm³/mol. The molecule has 0 atom stereocenters. The van der Waals surface area contributed by atoms with Crippen molar-refractivity contribution in [1.82, 2.24) is 25.1 Å². The Hall–Kier alpha value is -3.55. The summed E-state index contributed by atoms with van der Waals surface area (Å²) in [7, 11) is 1.87. The van der Waals surface area contributed by atoms with E-state index < -0.39 is 0 Å². The van der Waals surface area contributed by atoms with Crippen molar-refractivity contribution in [3.8, 4) is 5.82 Å². The van der Waals surface area contributed by atoms with Gasteiger partial charge in [0.2, 0.25) is 0 Å². The maximum Gasteiger partial charge on any atom is 0.160 e. The van der Waals surface area contributed by atoms with E-state index in [2.05, 4.69) is 58.5 Å². The Morgan fingerprint density at radius 3 is 2.54 bits per heavy atom. The molecule has 2 aromatic heterocycles. The number of aryl methyl sites for hydroxylation is 2. The van der Waals surface area contributed by atoms with Gasteiger partial charge in [-0.1, -0.05) is 25.6 Å². The van der Waals surface area contributed by atoms with Gasteiger partial charge in [-0.05, 0) is 43.2 Å². The van der Waals surface area contributed by atoms with Gasteiger partial charge in [-0.25, -0.2) is 14.6 Å².